The Balaban J connectivity index is 1.54. The number of hydrogen-bond donors (Lipinski definition) is 2. The Labute approximate surface area is 122 Å². The van der Waals surface area contributed by atoms with E-state index in [1.165, 1.54) is 12.8 Å². The number of H-pyrrole nitrogens is 1. The maximum absolute atomic E-state index is 12.7. The minimum absolute atomic E-state index is 0.113. The molecule has 4 rings (SSSR count). The lowest BCUT2D eigenvalue weighted by molar-refractivity contribution is 0.0764. The van der Waals surface area contributed by atoms with Gasteiger partial charge in [-0.05, 0) is 44.0 Å². The largest absolute Gasteiger partial charge is 0.338 e. The van der Waals surface area contributed by atoms with Crippen molar-refractivity contribution in [2.24, 2.45) is 5.41 Å². The van der Waals surface area contributed by atoms with Crippen molar-refractivity contribution in [3.8, 4) is 0 Å². The smallest absolute Gasteiger partial charge is 0.253 e. The monoisotopic (exact) mass is 285 g/mol. The average molecular weight is 285 g/mol. The van der Waals surface area contributed by atoms with Crippen LogP contribution in [0.1, 0.15) is 29.6 Å². The molecule has 2 aromatic rings. The molecule has 2 fully saturated rings. The van der Waals surface area contributed by atoms with Crippen molar-refractivity contribution in [3.63, 3.8) is 0 Å². The third kappa shape index (κ3) is 2.19. The molecule has 6 heteroatoms. The second-order valence-electron chi connectivity index (χ2n) is 6.28. The highest BCUT2D eigenvalue weighted by atomic mass is 16.2. The van der Waals surface area contributed by atoms with Crippen LogP contribution in [-0.4, -0.2) is 52.4 Å². The van der Waals surface area contributed by atoms with Gasteiger partial charge in [-0.3, -0.25) is 4.79 Å². The number of hydrogen-bond acceptors (Lipinski definition) is 4. The van der Waals surface area contributed by atoms with E-state index in [0.717, 1.165) is 43.6 Å². The molecule has 0 aliphatic carbocycles. The van der Waals surface area contributed by atoms with Gasteiger partial charge in [0.2, 0.25) is 0 Å². The maximum Gasteiger partial charge on any atom is 0.253 e. The summed E-state index contributed by atoms with van der Waals surface area (Å²) < 4.78 is 0. The van der Waals surface area contributed by atoms with Gasteiger partial charge in [-0.1, -0.05) is 0 Å². The summed E-state index contributed by atoms with van der Waals surface area (Å²) in [4.78, 5) is 14.7. The standard InChI is InChI=1S/C15H19N5O/c21-14(11-2-3-12-13(8-11)18-19-17-12)20-7-5-15(10-20)4-1-6-16-9-15/h2-3,8,16H,1,4-7,9-10H2,(H,17,18,19). The van der Waals surface area contributed by atoms with E-state index in [4.69, 9.17) is 0 Å². The number of piperidine rings is 1. The molecule has 1 spiro atoms. The van der Waals surface area contributed by atoms with Gasteiger partial charge in [-0.2, -0.15) is 15.4 Å². The van der Waals surface area contributed by atoms with Crippen LogP contribution in [0.2, 0.25) is 0 Å². The van der Waals surface area contributed by atoms with Gasteiger partial charge in [0.1, 0.15) is 11.0 Å². The predicted octanol–water partition coefficient (Wildman–Crippen LogP) is 1.17. The molecule has 6 nitrogen and oxygen atoms in total. The van der Waals surface area contributed by atoms with E-state index < -0.39 is 0 Å². The van der Waals surface area contributed by atoms with Crippen molar-refractivity contribution in [2.75, 3.05) is 26.2 Å². The molecule has 2 aliphatic heterocycles. The zero-order valence-corrected chi connectivity index (χ0v) is 11.9. The van der Waals surface area contributed by atoms with Crippen LogP contribution in [0.5, 0.6) is 0 Å². The lowest BCUT2D eigenvalue weighted by atomic mass is 9.80. The van der Waals surface area contributed by atoms with Crippen LogP contribution in [0, 0.1) is 5.41 Å². The first-order valence-corrected chi connectivity index (χ1v) is 7.56. The average Bonchev–Trinajstić information content (AvgIpc) is 3.14. The molecule has 1 atom stereocenters. The van der Waals surface area contributed by atoms with Gasteiger partial charge >= 0.3 is 0 Å². The summed E-state index contributed by atoms with van der Waals surface area (Å²) in [7, 11) is 0. The maximum atomic E-state index is 12.7. The van der Waals surface area contributed by atoms with Crippen molar-refractivity contribution in [1.29, 1.82) is 0 Å². The molecule has 2 N–H and O–H groups in total. The fourth-order valence-electron chi connectivity index (χ4n) is 3.64. The van der Waals surface area contributed by atoms with E-state index >= 15 is 0 Å². The zero-order valence-electron chi connectivity index (χ0n) is 11.9. The van der Waals surface area contributed by atoms with E-state index in [2.05, 4.69) is 20.7 Å². The van der Waals surface area contributed by atoms with Crippen molar-refractivity contribution < 1.29 is 4.79 Å². The number of nitrogens with zero attached hydrogens (tertiary/aromatic N) is 3. The second kappa shape index (κ2) is 4.80. The van der Waals surface area contributed by atoms with Gasteiger partial charge in [0.15, 0.2) is 0 Å². The lowest BCUT2D eigenvalue weighted by Crippen LogP contribution is -2.42. The molecule has 1 aromatic carbocycles. The fraction of sp³-hybridized carbons (Fsp3) is 0.533. The highest BCUT2D eigenvalue weighted by Crippen LogP contribution is 2.36. The Morgan fingerprint density at radius 3 is 3.00 bits per heavy atom. The van der Waals surface area contributed by atoms with Crippen LogP contribution < -0.4 is 5.32 Å². The first kappa shape index (κ1) is 12.8. The lowest BCUT2D eigenvalue weighted by Gasteiger charge is -2.33. The third-order valence-electron chi connectivity index (χ3n) is 4.85. The van der Waals surface area contributed by atoms with Gasteiger partial charge in [0.05, 0.1) is 0 Å². The number of likely N-dealkylation sites (tertiary alicyclic amines) is 1. The molecule has 21 heavy (non-hydrogen) atoms. The van der Waals surface area contributed by atoms with E-state index in [1.54, 1.807) is 0 Å². The normalized spacial score (nSPS) is 25.8. The van der Waals surface area contributed by atoms with Crippen molar-refractivity contribution in [1.82, 2.24) is 25.6 Å². The highest BCUT2D eigenvalue weighted by Gasteiger charge is 2.40. The molecule has 0 radical (unpaired) electrons. The minimum atomic E-state index is 0.113. The number of nitrogens with one attached hydrogen (secondary N) is 2. The molecule has 2 saturated heterocycles. The molecular formula is C15H19N5O. The molecule has 1 aromatic heterocycles. The second-order valence-corrected chi connectivity index (χ2v) is 6.28. The van der Waals surface area contributed by atoms with Gasteiger partial charge in [-0.15, -0.1) is 0 Å². The van der Waals surface area contributed by atoms with Gasteiger partial charge < -0.3 is 10.2 Å². The molecule has 0 bridgehead atoms. The Morgan fingerprint density at radius 2 is 2.14 bits per heavy atom. The number of carbonyl (C=O) groups is 1. The highest BCUT2D eigenvalue weighted by molar-refractivity contribution is 5.97. The van der Waals surface area contributed by atoms with Crippen LogP contribution in [0.3, 0.4) is 0 Å². The molecule has 110 valence electrons. The van der Waals surface area contributed by atoms with Crippen LogP contribution in [0.25, 0.3) is 11.0 Å². The number of carbonyl (C=O) groups excluding carboxylic acids is 1. The van der Waals surface area contributed by atoms with Crippen LogP contribution in [0.4, 0.5) is 0 Å². The third-order valence-corrected chi connectivity index (χ3v) is 4.85. The first-order chi connectivity index (χ1) is 10.3. The zero-order chi connectivity index (χ0) is 14.3. The summed E-state index contributed by atoms with van der Waals surface area (Å²) in [5.74, 6) is 0.113. The SMILES string of the molecule is O=C(c1ccc2n[nH]nc2c1)N1CCC2(CCCNC2)C1. The van der Waals surface area contributed by atoms with E-state index in [0.29, 0.717) is 11.0 Å². The Morgan fingerprint density at radius 1 is 1.24 bits per heavy atom. The van der Waals surface area contributed by atoms with Crippen molar-refractivity contribution in [3.05, 3.63) is 23.8 Å². The molecule has 1 unspecified atom stereocenters. The van der Waals surface area contributed by atoms with Gasteiger partial charge in [0.25, 0.3) is 5.91 Å². The topological polar surface area (TPSA) is 73.9 Å². The molecular weight excluding hydrogens is 266 g/mol. The number of benzene rings is 1. The summed E-state index contributed by atoms with van der Waals surface area (Å²) >= 11 is 0. The molecule has 2 aliphatic rings. The Bertz CT molecular complexity index is 674. The number of fused-ring (bicyclic) bond motifs is 1. The molecule has 3 heterocycles. The van der Waals surface area contributed by atoms with Crippen LogP contribution >= 0.6 is 0 Å². The first-order valence-electron chi connectivity index (χ1n) is 7.56. The van der Waals surface area contributed by atoms with Gasteiger partial charge in [-0.25, -0.2) is 0 Å². The summed E-state index contributed by atoms with van der Waals surface area (Å²) in [5, 5.41) is 14.1. The minimum Gasteiger partial charge on any atom is -0.338 e. The quantitative estimate of drug-likeness (QED) is 0.825. The number of amides is 1. The molecule has 1 amide bonds. The van der Waals surface area contributed by atoms with Crippen molar-refractivity contribution >= 4 is 16.9 Å². The Kier molecular flexibility index (Phi) is 2.92. The predicted molar refractivity (Wildman–Crippen MR) is 78.9 cm³/mol. The molecule has 0 saturated carbocycles. The van der Waals surface area contributed by atoms with Crippen molar-refractivity contribution in [2.45, 2.75) is 19.3 Å². The van der Waals surface area contributed by atoms with E-state index in [9.17, 15) is 4.79 Å². The van der Waals surface area contributed by atoms with E-state index in [-0.39, 0.29) is 5.91 Å². The number of rotatable bonds is 1. The van der Waals surface area contributed by atoms with E-state index in [1.807, 2.05) is 23.1 Å². The van der Waals surface area contributed by atoms with Gasteiger partial charge in [0, 0.05) is 30.6 Å². The fourth-order valence-corrected chi connectivity index (χ4v) is 3.64. The summed E-state index contributed by atoms with van der Waals surface area (Å²) in [5.41, 5.74) is 2.54. The Hall–Kier alpha value is -1.95. The van der Waals surface area contributed by atoms with Crippen LogP contribution in [-0.2, 0) is 0 Å². The number of aromatic nitrogens is 3. The summed E-state index contributed by atoms with van der Waals surface area (Å²) in [6, 6.07) is 5.52. The number of aromatic amines is 1. The van der Waals surface area contributed by atoms with Crippen LogP contribution in [0.15, 0.2) is 18.2 Å². The summed E-state index contributed by atoms with van der Waals surface area (Å²) in [6.07, 6.45) is 3.55. The summed E-state index contributed by atoms with van der Waals surface area (Å²) in [6.45, 7) is 3.88.